The number of aryl methyl sites for hydroxylation is 1. The molecule has 0 bridgehead atoms. The van der Waals surface area contributed by atoms with Gasteiger partial charge in [-0.2, -0.15) is 0 Å². The molecule has 2 N–H and O–H groups in total. The van der Waals surface area contributed by atoms with Gasteiger partial charge in [-0.3, -0.25) is 4.79 Å². The first-order valence-electron chi connectivity index (χ1n) is 9.01. The minimum atomic E-state index is -0.203. The lowest BCUT2D eigenvalue weighted by molar-refractivity contribution is -0.116. The summed E-state index contributed by atoms with van der Waals surface area (Å²) in [5, 5.41) is 6.27. The van der Waals surface area contributed by atoms with Crippen LogP contribution in [0.25, 0.3) is 17.4 Å². The topological polar surface area (TPSA) is 54.3 Å². The first-order chi connectivity index (χ1) is 13.6. The number of hydrogen-bond acceptors (Lipinski definition) is 4. The lowest BCUT2D eigenvalue weighted by Gasteiger charge is -2.12. The van der Waals surface area contributed by atoms with E-state index in [0.29, 0.717) is 10.7 Å². The quantitative estimate of drug-likeness (QED) is 0.473. The van der Waals surface area contributed by atoms with Crippen molar-refractivity contribution in [2.75, 3.05) is 5.32 Å². The molecule has 2 heterocycles. The van der Waals surface area contributed by atoms with E-state index in [1.165, 1.54) is 17.3 Å². The molecule has 1 amide bonds. The van der Waals surface area contributed by atoms with Crippen molar-refractivity contribution in [3.8, 4) is 11.3 Å². The molecule has 0 aliphatic carbocycles. The maximum Gasteiger partial charge on any atom is 0.260 e. The molecule has 1 fully saturated rings. The Labute approximate surface area is 176 Å². The number of benzene rings is 2. The van der Waals surface area contributed by atoms with Crippen LogP contribution in [-0.2, 0) is 11.2 Å². The highest BCUT2D eigenvalue weighted by Gasteiger charge is 2.27. The fourth-order valence-electron chi connectivity index (χ4n) is 2.91. The molecule has 1 atom stereocenters. The van der Waals surface area contributed by atoms with Crippen LogP contribution in [0.5, 0.6) is 0 Å². The third-order valence-electron chi connectivity index (χ3n) is 4.40. The monoisotopic (exact) mass is 454 g/mol. The Kier molecular flexibility index (Phi) is 5.59. The van der Waals surface area contributed by atoms with Gasteiger partial charge in [-0.1, -0.05) is 58.9 Å². The zero-order chi connectivity index (χ0) is 19.5. The second kappa shape index (κ2) is 8.29. The molecule has 0 saturated carbocycles. The average molecular weight is 455 g/mol. The van der Waals surface area contributed by atoms with E-state index in [-0.39, 0.29) is 11.4 Å². The molecule has 0 spiro atoms. The van der Waals surface area contributed by atoms with Crippen LogP contribution in [0.4, 0.5) is 5.69 Å². The molecule has 4 rings (SSSR count). The molecule has 6 heteroatoms. The van der Waals surface area contributed by atoms with Crippen molar-refractivity contribution >= 4 is 45.4 Å². The highest BCUT2D eigenvalue weighted by molar-refractivity contribution is 9.10. The molecular weight excluding hydrogens is 436 g/mol. The van der Waals surface area contributed by atoms with E-state index in [2.05, 4.69) is 45.6 Å². The molecule has 2 aromatic carbocycles. The lowest BCUT2D eigenvalue weighted by Crippen LogP contribution is -2.30. The SMILES string of the molecule is CCc1ccc(N[C@@H]2NC(=O)/C(=C/c3ccc(-c4cccc(Br)c4)o3)S2)cc1. The number of hydrogen-bond donors (Lipinski definition) is 2. The Morgan fingerprint density at radius 2 is 2.00 bits per heavy atom. The van der Waals surface area contributed by atoms with Crippen molar-refractivity contribution in [2.45, 2.75) is 18.8 Å². The Bertz CT molecular complexity index is 1030. The number of carbonyl (C=O) groups is 1. The van der Waals surface area contributed by atoms with Gasteiger partial charge in [-0.25, -0.2) is 0 Å². The van der Waals surface area contributed by atoms with Crippen molar-refractivity contribution < 1.29 is 9.21 Å². The zero-order valence-corrected chi connectivity index (χ0v) is 17.6. The van der Waals surface area contributed by atoms with Gasteiger partial charge in [0.2, 0.25) is 0 Å². The molecule has 1 aliphatic rings. The smallest absolute Gasteiger partial charge is 0.260 e. The fraction of sp³-hybridized carbons (Fsp3) is 0.136. The third kappa shape index (κ3) is 4.34. The van der Waals surface area contributed by atoms with Crippen molar-refractivity contribution in [3.63, 3.8) is 0 Å². The first-order valence-corrected chi connectivity index (χ1v) is 10.7. The van der Waals surface area contributed by atoms with E-state index < -0.39 is 0 Å². The second-order valence-electron chi connectivity index (χ2n) is 6.39. The minimum Gasteiger partial charge on any atom is -0.457 e. The van der Waals surface area contributed by atoms with Crippen molar-refractivity contribution in [1.29, 1.82) is 0 Å². The number of halogens is 1. The maximum absolute atomic E-state index is 12.3. The van der Waals surface area contributed by atoms with Gasteiger partial charge >= 0.3 is 0 Å². The van der Waals surface area contributed by atoms with Crippen molar-refractivity contribution in [2.24, 2.45) is 0 Å². The predicted molar refractivity (Wildman–Crippen MR) is 119 cm³/mol. The highest BCUT2D eigenvalue weighted by atomic mass is 79.9. The van der Waals surface area contributed by atoms with Crippen LogP contribution in [0.2, 0.25) is 0 Å². The maximum atomic E-state index is 12.3. The molecule has 0 radical (unpaired) electrons. The van der Waals surface area contributed by atoms with Crippen molar-refractivity contribution in [3.05, 3.63) is 81.4 Å². The van der Waals surface area contributed by atoms with Crippen LogP contribution >= 0.6 is 27.7 Å². The summed E-state index contributed by atoms with van der Waals surface area (Å²) in [5.41, 5.74) is 3.04. The van der Waals surface area contributed by atoms with Crippen LogP contribution in [0.15, 0.2) is 74.5 Å². The predicted octanol–water partition coefficient (Wildman–Crippen LogP) is 5.87. The average Bonchev–Trinajstić information content (AvgIpc) is 3.29. The van der Waals surface area contributed by atoms with Crippen LogP contribution in [0.3, 0.4) is 0 Å². The Morgan fingerprint density at radius 1 is 1.18 bits per heavy atom. The van der Waals surface area contributed by atoms with E-state index in [4.69, 9.17) is 4.42 Å². The van der Waals surface area contributed by atoms with Crippen LogP contribution in [-0.4, -0.2) is 11.4 Å². The molecule has 142 valence electrons. The van der Waals surface area contributed by atoms with Gasteiger partial charge in [-0.05, 0) is 48.4 Å². The van der Waals surface area contributed by atoms with Crippen molar-refractivity contribution in [1.82, 2.24) is 5.32 Å². The first kappa shape index (κ1) is 18.9. The lowest BCUT2D eigenvalue weighted by atomic mass is 10.1. The standard InChI is InChI=1S/C22H19BrN2O2S/c1-2-14-6-8-17(9-7-14)24-22-25-21(26)20(28-22)13-18-10-11-19(27-18)15-4-3-5-16(23)12-15/h3-13,22,24H,2H2,1H3,(H,25,26)/b20-13-/t22-/m1/s1. The highest BCUT2D eigenvalue weighted by Crippen LogP contribution is 2.32. The number of rotatable bonds is 5. The Hall–Kier alpha value is -2.44. The molecule has 4 nitrogen and oxygen atoms in total. The summed E-state index contributed by atoms with van der Waals surface area (Å²) < 4.78 is 6.90. The number of furan rings is 1. The van der Waals surface area contributed by atoms with E-state index in [0.717, 1.165) is 27.9 Å². The molecule has 28 heavy (non-hydrogen) atoms. The number of amides is 1. The molecular formula is C22H19BrN2O2S. The Balaban J connectivity index is 1.46. The van der Waals surface area contributed by atoms with Gasteiger partial charge in [0.1, 0.15) is 11.5 Å². The fourth-order valence-corrected chi connectivity index (χ4v) is 4.27. The van der Waals surface area contributed by atoms with E-state index >= 15 is 0 Å². The van der Waals surface area contributed by atoms with Gasteiger partial charge in [0.15, 0.2) is 5.50 Å². The molecule has 1 aliphatic heterocycles. The van der Waals surface area contributed by atoms with E-state index in [1.54, 1.807) is 6.08 Å². The number of carbonyl (C=O) groups excluding carboxylic acids is 1. The van der Waals surface area contributed by atoms with Crippen LogP contribution in [0, 0.1) is 0 Å². The van der Waals surface area contributed by atoms with Gasteiger partial charge in [-0.15, -0.1) is 0 Å². The summed E-state index contributed by atoms with van der Waals surface area (Å²) in [4.78, 5) is 12.9. The minimum absolute atomic E-state index is 0.104. The molecule has 3 aromatic rings. The number of nitrogens with one attached hydrogen (secondary N) is 2. The largest absolute Gasteiger partial charge is 0.457 e. The summed E-state index contributed by atoms with van der Waals surface area (Å²) in [5.74, 6) is 1.32. The van der Waals surface area contributed by atoms with Gasteiger partial charge in [0.25, 0.3) is 5.91 Å². The van der Waals surface area contributed by atoms with Gasteiger partial charge in [0, 0.05) is 21.8 Å². The summed E-state index contributed by atoms with van der Waals surface area (Å²) in [6.07, 6.45) is 2.79. The summed E-state index contributed by atoms with van der Waals surface area (Å²) >= 11 is 4.92. The summed E-state index contributed by atoms with van der Waals surface area (Å²) in [6.45, 7) is 2.13. The summed E-state index contributed by atoms with van der Waals surface area (Å²) in [6, 6.07) is 19.9. The van der Waals surface area contributed by atoms with Gasteiger partial charge in [0.05, 0.1) is 4.91 Å². The summed E-state index contributed by atoms with van der Waals surface area (Å²) in [7, 11) is 0. The van der Waals surface area contributed by atoms with Crippen LogP contribution < -0.4 is 10.6 Å². The Morgan fingerprint density at radius 3 is 2.75 bits per heavy atom. The number of thioether (sulfide) groups is 1. The normalized spacial score (nSPS) is 17.7. The van der Waals surface area contributed by atoms with E-state index in [9.17, 15) is 4.79 Å². The second-order valence-corrected chi connectivity index (χ2v) is 8.45. The van der Waals surface area contributed by atoms with Gasteiger partial charge < -0.3 is 15.1 Å². The third-order valence-corrected chi connectivity index (χ3v) is 5.92. The molecule has 1 saturated heterocycles. The molecule has 0 unspecified atom stereocenters. The zero-order valence-electron chi connectivity index (χ0n) is 15.2. The van der Waals surface area contributed by atoms with Crippen LogP contribution in [0.1, 0.15) is 18.2 Å². The number of anilines is 1. The van der Waals surface area contributed by atoms with E-state index in [1.807, 2.05) is 48.5 Å². The molecule has 1 aromatic heterocycles.